The molecule has 3 heterocycles. The highest BCUT2D eigenvalue weighted by atomic mass is 79.9. The highest BCUT2D eigenvalue weighted by Crippen LogP contribution is 2.32. The van der Waals surface area contributed by atoms with Gasteiger partial charge in [-0.15, -0.1) is 0 Å². The molecule has 1 saturated heterocycles. The van der Waals surface area contributed by atoms with Gasteiger partial charge in [0.25, 0.3) is 5.91 Å². The van der Waals surface area contributed by atoms with Crippen molar-refractivity contribution in [1.82, 2.24) is 9.29 Å². The Bertz CT molecular complexity index is 1670. The molecule has 0 bridgehead atoms. The number of fused-ring (bicyclic) bond motifs is 1. The Kier molecular flexibility index (Phi) is 7.62. The molecule has 0 aliphatic carbocycles. The smallest absolute Gasteiger partial charge is 0.400 e. The van der Waals surface area contributed by atoms with Gasteiger partial charge in [-0.3, -0.25) is 14.9 Å². The molecular formula is C25H22BrN5O6S2. The first-order valence-corrected chi connectivity index (χ1v) is 15.0. The van der Waals surface area contributed by atoms with Gasteiger partial charge in [0.15, 0.2) is 5.76 Å². The van der Waals surface area contributed by atoms with Gasteiger partial charge in [0.05, 0.1) is 27.4 Å². The number of hydrogen-bond acceptors (Lipinski definition) is 9. The van der Waals surface area contributed by atoms with Crippen LogP contribution in [0, 0.1) is 16.0 Å². The Morgan fingerprint density at radius 3 is 2.59 bits per heavy atom. The van der Waals surface area contributed by atoms with E-state index in [2.05, 4.69) is 32.9 Å². The Hall–Kier alpha value is -3.46. The van der Waals surface area contributed by atoms with E-state index in [-0.39, 0.29) is 21.4 Å². The molecule has 14 heteroatoms. The van der Waals surface area contributed by atoms with E-state index < -0.39 is 26.7 Å². The summed E-state index contributed by atoms with van der Waals surface area (Å²) in [6.07, 6.45) is 2.80. The molecule has 1 aliphatic rings. The van der Waals surface area contributed by atoms with Crippen molar-refractivity contribution in [2.24, 2.45) is 11.0 Å². The van der Waals surface area contributed by atoms with Crippen molar-refractivity contribution >= 4 is 70.6 Å². The van der Waals surface area contributed by atoms with E-state index in [0.29, 0.717) is 24.5 Å². The van der Waals surface area contributed by atoms with Crippen LogP contribution in [0.3, 0.4) is 0 Å². The molecule has 0 radical (unpaired) electrons. The summed E-state index contributed by atoms with van der Waals surface area (Å²) >= 11 is 4.65. The second kappa shape index (κ2) is 11.0. The van der Waals surface area contributed by atoms with Gasteiger partial charge >= 0.3 is 5.88 Å². The fourth-order valence-corrected chi connectivity index (χ4v) is 7.00. The molecule has 11 nitrogen and oxygen atoms in total. The number of nitrogens with zero attached hydrogens (tertiary/aromatic N) is 5. The average Bonchev–Trinajstić information content (AvgIpc) is 3.56. The number of benzene rings is 2. The second-order valence-electron chi connectivity index (χ2n) is 9.01. The number of aromatic nitrogens is 1. The summed E-state index contributed by atoms with van der Waals surface area (Å²) in [4.78, 5) is 28.5. The number of rotatable bonds is 7. The minimum absolute atomic E-state index is 0.0700. The average molecular weight is 633 g/mol. The van der Waals surface area contributed by atoms with Gasteiger partial charge in [-0.05, 0) is 67.3 Å². The highest BCUT2D eigenvalue weighted by Gasteiger charge is 2.29. The van der Waals surface area contributed by atoms with Crippen LogP contribution in [0.2, 0.25) is 0 Å². The van der Waals surface area contributed by atoms with Gasteiger partial charge < -0.3 is 4.42 Å². The van der Waals surface area contributed by atoms with Crippen LogP contribution in [0.1, 0.15) is 35.9 Å². The molecule has 1 fully saturated rings. The summed E-state index contributed by atoms with van der Waals surface area (Å²) in [5.74, 6) is -0.472. The predicted octanol–water partition coefficient (Wildman–Crippen LogP) is 5.66. The monoisotopic (exact) mass is 631 g/mol. The minimum atomic E-state index is -3.68. The zero-order valence-corrected chi connectivity index (χ0v) is 23.8. The Morgan fingerprint density at radius 2 is 1.92 bits per heavy atom. The Balaban J connectivity index is 1.46. The molecule has 0 atom stereocenters. The molecule has 39 heavy (non-hydrogen) atoms. The fourth-order valence-electron chi connectivity index (χ4n) is 4.06. The van der Waals surface area contributed by atoms with Crippen LogP contribution in [0.15, 0.2) is 73.5 Å². The highest BCUT2D eigenvalue weighted by molar-refractivity contribution is 9.10. The first-order chi connectivity index (χ1) is 18.6. The van der Waals surface area contributed by atoms with Crippen LogP contribution >= 0.6 is 27.3 Å². The quantitative estimate of drug-likeness (QED) is 0.146. The van der Waals surface area contributed by atoms with Crippen molar-refractivity contribution in [3.8, 4) is 0 Å². The maximum atomic E-state index is 13.6. The Labute approximate surface area is 236 Å². The van der Waals surface area contributed by atoms with Gasteiger partial charge in [0.2, 0.25) is 15.2 Å². The number of thiazole rings is 1. The number of carbonyl (C=O) groups excluding carboxylic acids is 1. The number of halogens is 1. The molecule has 0 saturated carbocycles. The molecule has 0 spiro atoms. The number of piperidine rings is 1. The zero-order chi connectivity index (χ0) is 27.7. The number of amides is 1. The molecule has 202 valence electrons. The van der Waals surface area contributed by atoms with E-state index in [1.165, 1.54) is 58.3 Å². The summed E-state index contributed by atoms with van der Waals surface area (Å²) in [7, 11) is -3.68. The third-order valence-electron chi connectivity index (χ3n) is 6.29. The van der Waals surface area contributed by atoms with Crippen molar-refractivity contribution in [2.75, 3.05) is 18.1 Å². The zero-order valence-electron chi connectivity index (χ0n) is 20.6. The largest absolute Gasteiger partial charge is 0.433 e. The van der Waals surface area contributed by atoms with E-state index in [1.54, 1.807) is 6.07 Å². The Morgan fingerprint density at radius 1 is 1.21 bits per heavy atom. The van der Waals surface area contributed by atoms with Crippen molar-refractivity contribution in [3.63, 3.8) is 0 Å². The molecule has 4 aromatic rings. The van der Waals surface area contributed by atoms with Crippen LogP contribution in [0.4, 0.5) is 11.0 Å². The summed E-state index contributed by atoms with van der Waals surface area (Å²) in [5.41, 5.74) is 0.835. The normalized spacial score (nSPS) is 15.2. The van der Waals surface area contributed by atoms with Crippen LogP contribution in [-0.4, -0.2) is 47.8 Å². The van der Waals surface area contributed by atoms with Crippen molar-refractivity contribution in [3.05, 3.63) is 80.5 Å². The lowest BCUT2D eigenvalue weighted by Gasteiger charge is -2.29. The number of hydrazone groups is 1. The van der Waals surface area contributed by atoms with Gasteiger partial charge in [-0.1, -0.05) is 34.2 Å². The molecular weight excluding hydrogens is 610 g/mol. The second-order valence-corrected chi connectivity index (χ2v) is 12.9. The number of hydrogen-bond donors (Lipinski definition) is 0. The topological polar surface area (TPSA) is 139 Å². The lowest BCUT2D eigenvalue weighted by Crippen LogP contribution is -2.37. The van der Waals surface area contributed by atoms with Gasteiger partial charge in [0.1, 0.15) is 4.92 Å². The van der Waals surface area contributed by atoms with E-state index >= 15 is 0 Å². The van der Waals surface area contributed by atoms with E-state index in [9.17, 15) is 23.3 Å². The molecule has 2 aromatic heterocycles. The van der Waals surface area contributed by atoms with Gasteiger partial charge in [-0.25, -0.2) is 13.4 Å². The molecule has 5 rings (SSSR count). The van der Waals surface area contributed by atoms with Crippen LogP contribution in [-0.2, 0) is 10.0 Å². The summed E-state index contributed by atoms with van der Waals surface area (Å²) in [6, 6.07) is 13.7. The molecule has 0 N–H and O–H groups in total. The number of sulfonamides is 1. The lowest BCUT2D eigenvalue weighted by atomic mass is 10.0. The van der Waals surface area contributed by atoms with Gasteiger partial charge in [-0.2, -0.15) is 14.4 Å². The maximum Gasteiger partial charge on any atom is 0.433 e. The molecule has 1 aliphatic heterocycles. The minimum Gasteiger partial charge on any atom is -0.400 e. The van der Waals surface area contributed by atoms with Gasteiger partial charge in [0, 0.05) is 23.1 Å². The third kappa shape index (κ3) is 5.78. The molecule has 0 unspecified atom stereocenters. The SMILES string of the molecule is CC1CCN(S(=O)(=O)c2ccc(C(=O)N(/N=C/c3ccc([N+](=O)[O-])o3)c3nc4ccc(Br)cc4s3)cc2)CC1. The van der Waals surface area contributed by atoms with Crippen LogP contribution in [0.5, 0.6) is 0 Å². The van der Waals surface area contributed by atoms with Crippen LogP contribution in [0.25, 0.3) is 10.2 Å². The standard InChI is InChI=1S/C25H22BrN5O6S2/c1-16-10-12-29(13-11-16)39(35,36)20-6-2-17(3-7-20)24(32)30(27-15-19-5-9-23(37-19)31(33)34)25-28-21-8-4-18(26)14-22(21)38-25/h2-9,14-16H,10-13H2,1H3/b27-15+. The third-order valence-corrected chi connectivity index (χ3v) is 9.69. The summed E-state index contributed by atoms with van der Waals surface area (Å²) < 4.78 is 34.5. The number of nitro groups is 1. The van der Waals surface area contributed by atoms with Crippen molar-refractivity contribution in [1.29, 1.82) is 0 Å². The first kappa shape index (κ1) is 27.1. The van der Waals surface area contributed by atoms with E-state index in [1.807, 2.05) is 12.1 Å². The molecule has 2 aromatic carbocycles. The first-order valence-electron chi connectivity index (χ1n) is 11.9. The lowest BCUT2D eigenvalue weighted by molar-refractivity contribution is -0.402. The maximum absolute atomic E-state index is 13.6. The number of carbonyl (C=O) groups is 1. The van der Waals surface area contributed by atoms with Crippen molar-refractivity contribution < 1.29 is 22.6 Å². The molecule has 1 amide bonds. The van der Waals surface area contributed by atoms with E-state index in [4.69, 9.17) is 4.42 Å². The van der Waals surface area contributed by atoms with E-state index in [0.717, 1.165) is 27.0 Å². The fraction of sp³-hybridized carbons (Fsp3) is 0.240. The van der Waals surface area contributed by atoms with Crippen molar-refractivity contribution in [2.45, 2.75) is 24.7 Å². The summed E-state index contributed by atoms with van der Waals surface area (Å²) in [6.45, 7) is 3.03. The summed E-state index contributed by atoms with van der Waals surface area (Å²) in [5, 5.41) is 16.5. The number of furan rings is 1. The predicted molar refractivity (Wildman–Crippen MR) is 151 cm³/mol. The number of anilines is 1. The van der Waals surface area contributed by atoms with Crippen LogP contribution < -0.4 is 5.01 Å².